The molecule has 0 radical (unpaired) electrons. The number of nitrogens with zero attached hydrogens (tertiary/aromatic N) is 6. The van der Waals surface area contributed by atoms with Crippen LogP contribution in [-0.2, 0) is 0 Å². The Morgan fingerprint density at radius 1 is 1.31 bits per heavy atom. The van der Waals surface area contributed by atoms with Gasteiger partial charge in [0.25, 0.3) is 0 Å². The summed E-state index contributed by atoms with van der Waals surface area (Å²) in [5.74, 6) is 3.73. The minimum Gasteiger partial charge on any atom is -0.403 e. The topological polar surface area (TPSA) is 64.2 Å². The molecule has 9 heteroatoms. The number of alkyl halides is 1. The van der Waals surface area contributed by atoms with Crippen LogP contribution >= 0.6 is 11.6 Å². The number of terminal acetylenes is 1. The molecule has 3 fully saturated rings. The van der Waals surface area contributed by atoms with Gasteiger partial charge in [-0.2, -0.15) is 0 Å². The van der Waals surface area contributed by atoms with Crippen LogP contribution in [0.25, 0.3) is 0 Å². The summed E-state index contributed by atoms with van der Waals surface area (Å²) in [6.45, 7) is 17.9. The van der Waals surface area contributed by atoms with Crippen LogP contribution in [0.5, 0.6) is 0 Å². The number of hydrogen-bond donors (Lipinski definition) is 1. The average Bonchev–Trinajstić information content (AvgIpc) is 2.92. The Bertz CT molecular complexity index is 1170. The molecule has 3 aliphatic rings. The standard InChI is InChI=1S/C30H41ClFN7/c1-7-20(3)36-11-13-37(14-12-36)24-18-38(19-24)27-16-28(35-29(22(5)32)25(27)8-2)39-10-9-23(15-21(39)4)30(34-6)26(31)17-33/h2,7,16-17,21-24H,1,3,9-15,18-19,33H2,4-6H3. The molecule has 39 heavy (non-hydrogen) atoms. The number of allylic oxidation sites excluding steroid dienone is 2. The fourth-order valence-electron chi connectivity index (χ4n) is 6.09. The van der Waals surface area contributed by atoms with E-state index in [-0.39, 0.29) is 12.0 Å². The number of hydrogen-bond acceptors (Lipinski definition) is 7. The highest BCUT2D eigenvalue weighted by atomic mass is 35.5. The Balaban J connectivity index is 1.51. The second-order valence-corrected chi connectivity index (χ2v) is 11.1. The van der Waals surface area contributed by atoms with Crippen molar-refractivity contribution in [3.05, 3.63) is 53.5 Å². The third-order valence-corrected chi connectivity index (χ3v) is 8.72. The zero-order chi connectivity index (χ0) is 28.3. The first-order valence-electron chi connectivity index (χ1n) is 13.7. The lowest BCUT2D eigenvalue weighted by Crippen LogP contribution is -2.63. The molecule has 2 N–H and O–H groups in total. The van der Waals surface area contributed by atoms with Crippen LogP contribution in [-0.4, -0.2) is 85.4 Å². The van der Waals surface area contributed by atoms with E-state index in [4.69, 9.17) is 28.7 Å². The highest BCUT2D eigenvalue weighted by Crippen LogP contribution is 2.37. The molecule has 0 spiro atoms. The highest BCUT2D eigenvalue weighted by molar-refractivity contribution is 6.43. The van der Waals surface area contributed by atoms with Gasteiger partial charge in [-0.3, -0.25) is 9.89 Å². The second kappa shape index (κ2) is 12.4. The van der Waals surface area contributed by atoms with Crippen LogP contribution in [0, 0.1) is 18.3 Å². The van der Waals surface area contributed by atoms with Crippen molar-refractivity contribution in [2.24, 2.45) is 16.6 Å². The summed E-state index contributed by atoms with van der Waals surface area (Å²) in [7, 11) is 1.75. The Kier molecular flexibility index (Phi) is 9.24. The second-order valence-electron chi connectivity index (χ2n) is 10.7. The molecule has 3 unspecified atom stereocenters. The van der Waals surface area contributed by atoms with Crippen LogP contribution in [0.2, 0.25) is 0 Å². The van der Waals surface area contributed by atoms with E-state index in [2.05, 4.69) is 56.7 Å². The van der Waals surface area contributed by atoms with Crippen LogP contribution in [0.3, 0.4) is 0 Å². The monoisotopic (exact) mass is 553 g/mol. The summed E-state index contributed by atoms with van der Waals surface area (Å²) >= 11 is 6.33. The van der Waals surface area contributed by atoms with Gasteiger partial charge < -0.3 is 20.4 Å². The van der Waals surface area contributed by atoms with Crippen LogP contribution < -0.4 is 15.5 Å². The number of rotatable bonds is 8. The smallest absolute Gasteiger partial charge is 0.141 e. The zero-order valence-corrected chi connectivity index (χ0v) is 24.2. The zero-order valence-electron chi connectivity index (χ0n) is 23.4. The van der Waals surface area contributed by atoms with Gasteiger partial charge in [0, 0.05) is 88.8 Å². The van der Waals surface area contributed by atoms with Gasteiger partial charge in [-0.1, -0.05) is 30.7 Å². The van der Waals surface area contributed by atoms with Gasteiger partial charge in [0.2, 0.25) is 0 Å². The third kappa shape index (κ3) is 5.95. The third-order valence-electron chi connectivity index (χ3n) is 8.40. The molecule has 3 aliphatic heterocycles. The first-order valence-corrected chi connectivity index (χ1v) is 14.1. The lowest BCUT2D eigenvalue weighted by molar-refractivity contribution is 0.101. The van der Waals surface area contributed by atoms with Crippen LogP contribution in [0.4, 0.5) is 15.9 Å². The molecule has 4 rings (SSSR count). The molecule has 3 atom stereocenters. The van der Waals surface area contributed by atoms with Gasteiger partial charge >= 0.3 is 0 Å². The van der Waals surface area contributed by atoms with Crippen molar-refractivity contribution in [1.82, 2.24) is 14.8 Å². The molecule has 0 amide bonds. The van der Waals surface area contributed by atoms with E-state index in [0.29, 0.717) is 22.3 Å². The van der Waals surface area contributed by atoms with Crippen LogP contribution in [0.1, 0.15) is 44.1 Å². The lowest BCUT2D eigenvalue weighted by atomic mass is 9.87. The first kappa shape index (κ1) is 29.0. The van der Waals surface area contributed by atoms with E-state index in [1.54, 1.807) is 7.05 Å². The van der Waals surface area contributed by atoms with E-state index >= 15 is 0 Å². The number of aromatic nitrogens is 1. The molecule has 0 aromatic carbocycles. The SMILES string of the molecule is C#Cc1c(N2CC(N3CCN(C(=C)C=C)CC3)C2)cc(N2CCC(C(=NC)C(Cl)=CN)CC2C)nc1C(C)F. The van der Waals surface area contributed by atoms with Crippen molar-refractivity contribution < 1.29 is 4.39 Å². The quantitative estimate of drug-likeness (QED) is 0.294. The minimum absolute atomic E-state index is 0.160. The van der Waals surface area contributed by atoms with Gasteiger partial charge in [0.05, 0.1) is 27.7 Å². The number of nitrogens with two attached hydrogens (primary N) is 1. The molecular weight excluding hydrogens is 513 g/mol. The molecule has 1 aromatic heterocycles. The number of pyridine rings is 1. The fourth-order valence-corrected chi connectivity index (χ4v) is 6.33. The Morgan fingerprint density at radius 3 is 2.54 bits per heavy atom. The molecule has 210 valence electrons. The predicted octanol–water partition coefficient (Wildman–Crippen LogP) is 4.31. The largest absolute Gasteiger partial charge is 0.403 e. The predicted molar refractivity (Wildman–Crippen MR) is 161 cm³/mol. The maximum absolute atomic E-state index is 14.9. The van der Waals surface area contributed by atoms with Crippen molar-refractivity contribution in [2.45, 2.75) is 44.9 Å². The first-order chi connectivity index (χ1) is 18.7. The fraction of sp³-hybridized carbons (Fsp3) is 0.533. The molecule has 1 aromatic rings. The van der Waals surface area contributed by atoms with E-state index in [0.717, 1.165) is 81.6 Å². The van der Waals surface area contributed by atoms with Gasteiger partial charge in [-0.05, 0) is 32.8 Å². The number of anilines is 2. The summed E-state index contributed by atoms with van der Waals surface area (Å²) in [4.78, 5) is 18.5. The van der Waals surface area contributed by atoms with E-state index in [9.17, 15) is 4.39 Å². The number of piperidine rings is 1. The molecule has 7 nitrogen and oxygen atoms in total. The molecule has 0 saturated carbocycles. The van der Waals surface area contributed by atoms with Gasteiger partial charge in [0.15, 0.2) is 0 Å². The van der Waals surface area contributed by atoms with E-state index in [1.165, 1.54) is 13.1 Å². The van der Waals surface area contributed by atoms with Gasteiger partial charge in [0.1, 0.15) is 12.0 Å². The number of piperazine rings is 1. The van der Waals surface area contributed by atoms with Crippen molar-refractivity contribution in [2.75, 3.05) is 62.7 Å². The summed E-state index contributed by atoms with van der Waals surface area (Å²) in [6.07, 6.45) is 9.59. The van der Waals surface area contributed by atoms with Crippen LogP contribution in [0.15, 0.2) is 47.2 Å². The number of aliphatic imine (C=N–C) groups is 1. The highest BCUT2D eigenvalue weighted by Gasteiger charge is 2.37. The molecule has 3 saturated heterocycles. The number of halogens is 2. The minimum atomic E-state index is -1.27. The van der Waals surface area contributed by atoms with Crippen molar-refractivity contribution >= 4 is 28.8 Å². The molecule has 0 aliphatic carbocycles. The molecule has 4 heterocycles. The maximum Gasteiger partial charge on any atom is 0.141 e. The lowest BCUT2D eigenvalue weighted by Gasteiger charge is -2.50. The summed E-state index contributed by atoms with van der Waals surface area (Å²) < 4.78 is 14.9. The Labute approximate surface area is 237 Å². The van der Waals surface area contributed by atoms with E-state index < -0.39 is 6.17 Å². The normalized spacial score (nSPS) is 24.3. The molecular formula is C30H41ClFN7. The van der Waals surface area contributed by atoms with Crippen molar-refractivity contribution in [3.8, 4) is 12.3 Å². The average molecular weight is 554 g/mol. The Hall–Kier alpha value is -3.02. The molecule has 0 bridgehead atoms. The summed E-state index contributed by atoms with van der Waals surface area (Å²) in [6, 6.07) is 2.66. The Morgan fingerprint density at radius 2 is 2.00 bits per heavy atom. The van der Waals surface area contributed by atoms with E-state index in [1.807, 2.05) is 6.08 Å². The van der Waals surface area contributed by atoms with Gasteiger partial charge in [-0.15, -0.1) is 6.42 Å². The maximum atomic E-state index is 14.9. The van der Waals surface area contributed by atoms with Crippen molar-refractivity contribution in [3.63, 3.8) is 0 Å². The van der Waals surface area contributed by atoms with Gasteiger partial charge in [-0.25, -0.2) is 9.37 Å². The summed E-state index contributed by atoms with van der Waals surface area (Å²) in [5.41, 5.74) is 9.27. The van der Waals surface area contributed by atoms with Crippen molar-refractivity contribution in [1.29, 1.82) is 0 Å². The summed E-state index contributed by atoms with van der Waals surface area (Å²) in [5, 5.41) is 0.495.